The molecule has 0 saturated heterocycles. The molecule has 0 heterocycles. The molecule has 1 aromatic rings. The summed E-state index contributed by atoms with van der Waals surface area (Å²) in [4.78, 5) is 23.3. The van der Waals surface area contributed by atoms with Crippen LogP contribution in [0.25, 0.3) is 0 Å². The standard InChI is InChI=1S/C12H13BrClNO3/c1-3-18-12(17)7(2)15-11(16)9-6-8(14)4-5-10(9)13/h4-7H,3H2,1-2H3,(H,15,16). The normalized spacial score (nSPS) is 11.8. The largest absolute Gasteiger partial charge is 0.464 e. The van der Waals surface area contributed by atoms with Crippen LogP contribution < -0.4 is 5.32 Å². The number of hydrogen-bond donors (Lipinski definition) is 1. The Bertz CT molecular complexity index is 465. The van der Waals surface area contributed by atoms with Crippen molar-refractivity contribution < 1.29 is 14.3 Å². The van der Waals surface area contributed by atoms with E-state index < -0.39 is 12.0 Å². The number of ether oxygens (including phenoxy) is 1. The summed E-state index contributed by atoms with van der Waals surface area (Å²) in [7, 11) is 0. The van der Waals surface area contributed by atoms with E-state index in [2.05, 4.69) is 21.2 Å². The van der Waals surface area contributed by atoms with Gasteiger partial charge >= 0.3 is 5.97 Å². The molecule has 0 saturated carbocycles. The smallest absolute Gasteiger partial charge is 0.328 e. The third-order valence-electron chi connectivity index (χ3n) is 2.16. The molecule has 6 heteroatoms. The van der Waals surface area contributed by atoms with Crippen molar-refractivity contribution >= 4 is 39.4 Å². The van der Waals surface area contributed by atoms with E-state index in [-0.39, 0.29) is 12.5 Å². The zero-order valence-corrected chi connectivity index (χ0v) is 12.3. The van der Waals surface area contributed by atoms with Gasteiger partial charge in [-0.3, -0.25) is 4.79 Å². The summed E-state index contributed by atoms with van der Waals surface area (Å²) in [6.07, 6.45) is 0. The van der Waals surface area contributed by atoms with Gasteiger partial charge in [0.1, 0.15) is 6.04 Å². The summed E-state index contributed by atoms with van der Waals surface area (Å²) >= 11 is 9.07. The van der Waals surface area contributed by atoms with Gasteiger partial charge in [-0.25, -0.2) is 4.79 Å². The summed E-state index contributed by atoms with van der Waals surface area (Å²) in [5.74, 6) is -0.853. The Balaban J connectivity index is 2.76. The second-order valence-electron chi connectivity index (χ2n) is 3.57. The molecule has 1 N–H and O–H groups in total. The Morgan fingerprint density at radius 2 is 2.17 bits per heavy atom. The van der Waals surface area contributed by atoms with Gasteiger partial charge in [0.05, 0.1) is 12.2 Å². The Kier molecular flexibility index (Phi) is 5.62. The number of carbonyl (C=O) groups excluding carboxylic acids is 2. The summed E-state index contributed by atoms with van der Waals surface area (Å²) in [5, 5.41) is 3.00. The van der Waals surface area contributed by atoms with E-state index in [9.17, 15) is 9.59 Å². The molecule has 98 valence electrons. The zero-order valence-electron chi connectivity index (χ0n) is 10.00. The number of rotatable bonds is 4. The van der Waals surface area contributed by atoms with Crippen molar-refractivity contribution in [3.8, 4) is 0 Å². The first-order valence-corrected chi connectivity index (χ1v) is 6.55. The van der Waals surface area contributed by atoms with Crippen molar-refractivity contribution in [1.82, 2.24) is 5.32 Å². The lowest BCUT2D eigenvalue weighted by Gasteiger charge is -2.13. The Morgan fingerprint density at radius 1 is 1.50 bits per heavy atom. The number of carbonyl (C=O) groups is 2. The molecule has 18 heavy (non-hydrogen) atoms. The minimum atomic E-state index is -0.705. The molecule has 0 aromatic heterocycles. The predicted molar refractivity (Wildman–Crippen MR) is 72.7 cm³/mol. The summed E-state index contributed by atoms with van der Waals surface area (Å²) in [5.41, 5.74) is 0.374. The summed E-state index contributed by atoms with van der Waals surface area (Å²) in [6, 6.07) is 4.16. The van der Waals surface area contributed by atoms with Crippen molar-refractivity contribution in [3.05, 3.63) is 33.3 Å². The van der Waals surface area contributed by atoms with E-state index in [0.29, 0.717) is 15.1 Å². The third-order valence-corrected chi connectivity index (χ3v) is 3.09. The minimum Gasteiger partial charge on any atom is -0.464 e. The molecule has 1 unspecified atom stereocenters. The van der Waals surface area contributed by atoms with Crippen molar-refractivity contribution in [3.63, 3.8) is 0 Å². The van der Waals surface area contributed by atoms with Crippen LogP contribution in [0.3, 0.4) is 0 Å². The average molecular weight is 335 g/mol. The third kappa shape index (κ3) is 3.99. The molecular weight excluding hydrogens is 321 g/mol. The van der Waals surface area contributed by atoms with Gasteiger partial charge in [0.25, 0.3) is 5.91 Å². The number of amides is 1. The molecule has 0 aliphatic rings. The molecule has 1 atom stereocenters. The van der Waals surface area contributed by atoms with E-state index in [1.807, 2.05) is 0 Å². The molecule has 1 rings (SSSR count). The highest BCUT2D eigenvalue weighted by molar-refractivity contribution is 9.10. The van der Waals surface area contributed by atoms with E-state index >= 15 is 0 Å². The van der Waals surface area contributed by atoms with Crippen LogP contribution in [0.1, 0.15) is 24.2 Å². The zero-order chi connectivity index (χ0) is 13.7. The Morgan fingerprint density at radius 3 is 2.78 bits per heavy atom. The second-order valence-corrected chi connectivity index (χ2v) is 4.86. The summed E-state index contributed by atoms with van der Waals surface area (Å²) in [6.45, 7) is 3.55. The Labute approximate surface area is 119 Å². The fraction of sp³-hybridized carbons (Fsp3) is 0.333. The van der Waals surface area contributed by atoms with Gasteiger partial charge in [-0.2, -0.15) is 0 Å². The monoisotopic (exact) mass is 333 g/mol. The predicted octanol–water partition coefficient (Wildman–Crippen LogP) is 2.78. The average Bonchev–Trinajstić information content (AvgIpc) is 2.32. The fourth-order valence-corrected chi connectivity index (χ4v) is 1.87. The van der Waals surface area contributed by atoms with Gasteiger partial charge in [0.2, 0.25) is 0 Å². The van der Waals surface area contributed by atoms with Gasteiger partial charge in [-0.1, -0.05) is 11.6 Å². The fourth-order valence-electron chi connectivity index (χ4n) is 1.27. The first kappa shape index (κ1) is 15.0. The van der Waals surface area contributed by atoms with Gasteiger partial charge in [-0.05, 0) is 48.0 Å². The first-order valence-electron chi connectivity index (χ1n) is 5.38. The van der Waals surface area contributed by atoms with E-state index in [1.54, 1.807) is 26.0 Å². The molecule has 0 spiro atoms. The van der Waals surface area contributed by atoms with Crippen LogP contribution in [0.4, 0.5) is 0 Å². The molecule has 0 fully saturated rings. The number of esters is 1. The van der Waals surface area contributed by atoms with Crippen LogP contribution >= 0.6 is 27.5 Å². The lowest BCUT2D eigenvalue weighted by molar-refractivity contribution is -0.144. The van der Waals surface area contributed by atoms with Crippen molar-refractivity contribution in [1.29, 1.82) is 0 Å². The van der Waals surface area contributed by atoms with Crippen LogP contribution in [0, 0.1) is 0 Å². The second kappa shape index (κ2) is 6.75. The molecule has 0 aliphatic heterocycles. The van der Waals surface area contributed by atoms with Crippen LogP contribution in [0.5, 0.6) is 0 Å². The first-order chi connectivity index (χ1) is 8.45. The number of benzene rings is 1. The van der Waals surface area contributed by atoms with E-state index in [4.69, 9.17) is 16.3 Å². The molecule has 0 aliphatic carbocycles. The molecule has 0 radical (unpaired) electrons. The SMILES string of the molecule is CCOC(=O)C(C)NC(=O)c1cc(Cl)ccc1Br. The van der Waals surface area contributed by atoms with Crippen LogP contribution in [0.2, 0.25) is 5.02 Å². The van der Waals surface area contributed by atoms with E-state index in [0.717, 1.165) is 0 Å². The maximum absolute atomic E-state index is 11.9. The molecule has 1 aromatic carbocycles. The minimum absolute atomic E-state index is 0.278. The van der Waals surface area contributed by atoms with Gasteiger partial charge in [0.15, 0.2) is 0 Å². The van der Waals surface area contributed by atoms with Gasteiger partial charge in [-0.15, -0.1) is 0 Å². The highest BCUT2D eigenvalue weighted by Gasteiger charge is 2.19. The highest BCUT2D eigenvalue weighted by atomic mass is 79.9. The van der Waals surface area contributed by atoms with Crippen LogP contribution in [0.15, 0.2) is 22.7 Å². The Hall–Kier alpha value is -1.07. The van der Waals surface area contributed by atoms with Gasteiger partial charge < -0.3 is 10.1 Å². The van der Waals surface area contributed by atoms with Crippen LogP contribution in [-0.4, -0.2) is 24.5 Å². The van der Waals surface area contributed by atoms with Crippen molar-refractivity contribution in [2.75, 3.05) is 6.61 Å². The summed E-state index contributed by atoms with van der Waals surface area (Å²) < 4.78 is 5.41. The van der Waals surface area contributed by atoms with Crippen LogP contribution in [-0.2, 0) is 9.53 Å². The number of nitrogens with one attached hydrogen (secondary N) is 1. The lowest BCUT2D eigenvalue weighted by Crippen LogP contribution is -2.39. The van der Waals surface area contributed by atoms with Crippen molar-refractivity contribution in [2.24, 2.45) is 0 Å². The maximum Gasteiger partial charge on any atom is 0.328 e. The van der Waals surface area contributed by atoms with Gasteiger partial charge in [0, 0.05) is 9.50 Å². The quantitative estimate of drug-likeness (QED) is 0.862. The topological polar surface area (TPSA) is 55.4 Å². The lowest BCUT2D eigenvalue weighted by atomic mass is 10.2. The number of halogens is 2. The molecule has 1 amide bonds. The van der Waals surface area contributed by atoms with E-state index in [1.165, 1.54) is 6.07 Å². The van der Waals surface area contributed by atoms with Crippen molar-refractivity contribution in [2.45, 2.75) is 19.9 Å². The highest BCUT2D eigenvalue weighted by Crippen LogP contribution is 2.21. The molecule has 0 bridgehead atoms. The maximum atomic E-state index is 11.9. The molecule has 4 nitrogen and oxygen atoms in total. The molecular formula is C12H13BrClNO3. The number of hydrogen-bond acceptors (Lipinski definition) is 3.